The summed E-state index contributed by atoms with van der Waals surface area (Å²) in [5.41, 5.74) is 5.84. The second-order valence-corrected chi connectivity index (χ2v) is 4.77. The Morgan fingerprint density at radius 1 is 1.05 bits per heavy atom. The maximum Gasteiger partial charge on any atom is 0.130 e. The van der Waals surface area contributed by atoms with Crippen LogP contribution in [0, 0.1) is 0 Å². The van der Waals surface area contributed by atoms with Gasteiger partial charge in [-0.2, -0.15) is 0 Å². The van der Waals surface area contributed by atoms with E-state index >= 15 is 0 Å². The summed E-state index contributed by atoms with van der Waals surface area (Å²) in [7, 11) is 0. The third kappa shape index (κ3) is 4.53. The van der Waals surface area contributed by atoms with E-state index in [0.29, 0.717) is 6.61 Å². The summed E-state index contributed by atoms with van der Waals surface area (Å²) in [5.74, 6) is 0.802. The van der Waals surface area contributed by atoms with Crippen LogP contribution in [-0.4, -0.2) is 11.1 Å². The van der Waals surface area contributed by atoms with E-state index in [0.717, 1.165) is 16.9 Å². The van der Waals surface area contributed by atoms with Crippen molar-refractivity contribution in [2.24, 2.45) is 0 Å². The van der Waals surface area contributed by atoms with Gasteiger partial charge in [0.05, 0.1) is 0 Å². The van der Waals surface area contributed by atoms with Crippen LogP contribution in [0.1, 0.15) is 24.2 Å². The highest BCUT2D eigenvalue weighted by atomic mass is 35.5. The predicted molar refractivity (Wildman–Crippen MR) is 74.5 cm³/mol. The normalized spacial score (nSPS) is 13.2. The highest BCUT2D eigenvalue weighted by Crippen LogP contribution is 2.19. The average Bonchev–Trinajstić information content (AvgIpc) is 2.46. The molecular formula is C16H20ClNO2. The van der Waals surface area contributed by atoms with Gasteiger partial charge in [0.25, 0.3) is 0 Å². The quantitative estimate of drug-likeness (QED) is 0.738. The van der Waals surface area contributed by atoms with Gasteiger partial charge >= 0.3 is 0 Å². The van der Waals surface area contributed by atoms with Gasteiger partial charge in [-0.25, -0.2) is 0 Å². The Hall–Kier alpha value is -1.55. The molecule has 2 atom stereocenters. The van der Waals surface area contributed by atoms with E-state index in [1.807, 2.05) is 61.5 Å². The molecule has 108 valence electrons. The molecule has 0 radical (unpaired) electrons. The van der Waals surface area contributed by atoms with Gasteiger partial charge in [0.1, 0.15) is 24.5 Å². The number of hydrogen-bond acceptors (Lipinski definition) is 2. The van der Waals surface area contributed by atoms with Crippen molar-refractivity contribution in [2.75, 3.05) is 0 Å². The molecule has 0 spiro atoms. The van der Waals surface area contributed by atoms with Gasteiger partial charge in [0.15, 0.2) is 0 Å². The molecular weight excluding hydrogens is 274 g/mol. The zero-order valence-corrected chi connectivity index (χ0v) is 12.3. The lowest BCUT2D eigenvalue weighted by atomic mass is 10.0. The van der Waals surface area contributed by atoms with Crippen LogP contribution in [0.3, 0.4) is 0 Å². The molecule has 0 bridgehead atoms. The zero-order valence-electron chi connectivity index (χ0n) is 11.5. The molecule has 2 rings (SSSR count). The van der Waals surface area contributed by atoms with Gasteiger partial charge in [-0.3, -0.25) is 0 Å². The van der Waals surface area contributed by atoms with E-state index in [4.69, 9.17) is 4.74 Å². The van der Waals surface area contributed by atoms with Crippen LogP contribution >= 0.6 is 0 Å². The third-order valence-corrected chi connectivity index (χ3v) is 3.01. The van der Waals surface area contributed by atoms with Gasteiger partial charge in [-0.1, -0.05) is 42.5 Å². The first-order chi connectivity index (χ1) is 9.16. The van der Waals surface area contributed by atoms with Crippen LogP contribution in [0.15, 0.2) is 54.6 Å². The minimum Gasteiger partial charge on any atom is -1.00 e. The van der Waals surface area contributed by atoms with Crippen LogP contribution in [0.2, 0.25) is 0 Å². The lowest BCUT2D eigenvalue weighted by Crippen LogP contribution is -3.00. The van der Waals surface area contributed by atoms with Crippen LogP contribution < -0.4 is 22.9 Å². The first-order valence-electron chi connectivity index (χ1n) is 6.44. The van der Waals surface area contributed by atoms with Gasteiger partial charge in [0.2, 0.25) is 0 Å². The number of halogens is 1. The fourth-order valence-corrected chi connectivity index (χ4v) is 1.83. The Bertz CT molecular complexity index is 500. The molecule has 3 nitrogen and oxygen atoms in total. The molecule has 0 amide bonds. The van der Waals surface area contributed by atoms with Crippen molar-refractivity contribution in [1.29, 1.82) is 0 Å². The second-order valence-electron chi connectivity index (χ2n) is 4.77. The van der Waals surface area contributed by atoms with Crippen LogP contribution in [0.5, 0.6) is 5.75 Å². The second kappa shape index (κ2) is 7.90. The maximum atomic E-state index is 9.89. The topological polar surface area (TPSA) is 57.1 Å². The number of hydrogen-bond donors (Lipinski definition) is 2. The number of aliphatic hydroxyl groups excluding tert-OH is 1. The fraction of sp³-hybridized carbons (Fsp3) is 0.250. The van der Waals surface area contributed by atoms with E-state index < -0.39 is 6.10 Å². The van der Waals surface area contributed by atoms with Crippen molar-refractivity contribution in [1.82, 2.24) is 0 Å². The molecule has 2 aromatic rings. The first kappa shape index (κ1) is 16.5. The van der Waals surface area contributed by atoms with Gasteiger partial charge in [-0.05, 0) is 30.2 Å². The van der Waals surface area contributed by atoms with Crippen molar-refractivity contribution < 1.29 is 28.0 Å². The minimum atomic E-state index is -0.525. The number of quaternary nitrogens is 1. The largest absolute Gasteiger partial charge is 1.00 e. The van der Waals surface area contributed by atoms with Crippen molar-refractivity contribution >= 4 is 0 Å². The molecule has 0 aliphatic heterocycles. The third-order valence-electron chi connectivity index (χ3n) is 3.01. The highest BCUT2D eigenvalue weighted by Gasteiger charge is 2.14. The van der Waals surface area contributed by atoms with E-state index in [2.05, 4.69) is 5.73 Å². The summed E-state index contributed by atoms with van der Waals surface area (Å²) < 4.78 is 5.69. The van der Waals surface area contributed by atoms with Gasteiger partial charge in [-0.15, -0.1) is 0 Å². The molecule has 0 aliphatic carbocycles. The van der Waals surface area contributed by atoms with E-state index in [1.54, 1.807) is 0 Å². The number of benzene rings is 2. The Morgan fingerprint density at radius 3 is 2.20 bits per heavy atom. The molecule has 0 fully saturated rings. The summed E-state index contributed by atoms with van der Waals surface area (Å²) in [5, 5.41) is 9.89. The Balaban J connectivity index is 0.00000200. The van der Waals surface area contributed by atoms with Crippen molar-refractivity contribution in [3.05, 3.63) is 65.7 Å². The zero-order chi connectivity index (χ0) is 13.7. The summed E-state index contributed by atoms with van der Waals surface area (Å²) >= 11 is 0. The molecule has 4 N–H and O–H groups in total. The standard InChI is InChI=1S/C16H19NO2.ClH/c1-12(17)16(18)14-7-9-15(10-8-14)19-11-13-5-3-2-4-6-13;/h2-10,12,16,18H,11,17H2,1H3;1H. The SMILES string of the molecule is CC([NH3+])C(O)c1ccc(OCc2ccccc2)cc1.[Cl-]. The Kier molecular flexibility index (Phi) is 6.52. The predicted octanol–water partition coefficient (Wildman–Crippen LogP) is -1.07. The van der Waals surface area contributed by atoms with E-state index in [1.165, 1.54) is 0 Å². The van der Waals surface area contributed by atoms with Crippen molar-refractivity contribution in [3.8, 4) is 5.75 Å². The summed E-state index contributed by atoms with van der Waals surface area (Å²) in [6.45, 7) is 2.44. The highest BCUT2D eigenvalue weighted by molar-refractivity contribution is 5.29. The minimum absolute atomic E-state index is 0. The van der Waals surface area contributed by atoms with E-state index in [9.17, 15) is 5.11 Å². The molecule has 0 aliphatic rings. The van der Waals surface area contributed by atoms with Crippen molar-refractivity contribution in [2.45, 2.75) is 25.7 Å². The maximum absolute atomic E-state index is 9.89. The van der Waals surface area contributed by atoms with E-state index in [-0.39, 0.29) is 18.4 Å². The lowest BCUT2D eigenvalue weighted by molar-refractivity contribution is -0.433. The first-order valence-corrected chi connectivity index (χ1v) is 6.44. The molecule has 20 heavy (non-hydrogen) atoms. The molecule has 4 heteroatoms. The van der Waals surface area contributed by atoms with Crippen LogP contribution in [0.4, 0.5) is 0 Å². The molecule has 0 saturated carbocycles. The van der Waals surface area contributed by atoms with Crippen molar-refractivity contribution in [3.63, 3.8) is 0 Å². The smallest absolute Gasteiger partial charge is 0.130 e. The summed E-state index contributed by atoms with van der Waals surface area (Å²) in [4.78, 5) is 0. The molecule has 2 unspecified atom stereocenters. The molecule has 0 saturated heterocycles. The molecule has 2 aromatic carbocycles. The fourth-order valence-electron chi connectivity index (χ4n) is 1.83. The lowest BCUT2D eigenvalue weighted by Gasteiger charge is -2.13. The molecule has 0 aromatic heterocycles. The summed E-state index contributed by atoms with van der Waals surface area (Å²) in [6.07, 6.45) is -0.525. The van der Waals surface area contributed by atoms with Crippen LogP contribution in [0.25, 0.3) is 0 Å². The van der Waals surface area contributed by atoms with Gasteiger partial charge < -0.3 is 28.0 Å². The Morgan fingerprint density at radius 2 is 1.65 bits per heavy atom. The molecule has 0 heterocycles. The number of ether oxygens (including phenoxy) is 1. The average molecular weight is 294 g/mol. The monoisotopic (exact) mass is 293 g/mol. The van der Waals surface area contributed by atoms with Crippen LogP contribution in [-0.2, 0) is 6.61 Å². The Labute approximate surface area is 125 Å². The number of aliphatic hydroxyl groups is 1. The van der Waals surface area contributed by atoms with Gasteiger partial charge in [0, 0.05) is 0 Å². The summed E-state index contributed by atoms with van der Waals surface area (Å²) in [6, 6.07) is 17.5. The number of rotatable bonds is 5.